The van der Waals surface area contributed by atoms with Gasteiger partial charge in [-0.1, -0.05) is 12.1 Å². The molecule has 0 fully saturated rings. The number of nitrogens with one attached hydrogen (secondary N) is 1. The normalized spacial score (nSPS) is 19.8. The van der Waals surface area contributed by atoms with Gasteiger partial charge in [0.1, 0.15) is 11.8 Å². The molecule has 1 heterocycles. The molecule has 0 amide bonds. The van der Waals surface area contributed by atoms with Crippen LogP contribution in [0, 0.1) is 0 Å². The lowest BCUT2D eigenvalue weighted by atomic mass is 9.88. The van der Waals surface area contributed by atoms with E-state index in [-0.39, 0.29) is 6.04 Å². The van der Waals surface area contributed by atoms with Crippen molar-refractivity contribution in [3.63, 3.8) is 0 Å². The zero-order chi connectivity index (χ0) is 16.4. The minimum atomic E-state index is 0.272. The third kappa shape index (κ3) is 2.86. The molecule has 2 aromatic carbocycles. The number of rotatable bonds is 4. The zero-order valence-electron chi connectivity index (χ0n) is 14.2. The van der Waals surface area contributed by atoms with Crippen molar-refractivity contribution in [3.8, 4) is 17.2 Å². The van der Waals surface area contributed by atoms with Crippen molar-refractivity contribution in [3.05, 3.63) is 53.1 Å². The molecule has 1 aliphatic rings. The van der Waals surface area contributed by atoms with E-state index >= 15 is 0 Å². The van der Waals surface area contributed by atoms with Crippen LogP contribution in [-0.4, -0.2) is 34.9 Å². The van der Waals surface area contributed by atoms with E-state index in [1.165, 1.54) is 21.6 Å². The van der Waals surface area contributed by atoms with E-state index in [1.54, 1.807) is 21.3 Å². The van der Waals surface area contributed by atoms with Crippen LogP contribution >= 0.6 is 0 Å². The lowest BCUT2D eigenvalue weighted by Gasteiger charge is -2.32. The molecule has 0 saturated carbocycles. The van der Waals surface area contributed by atoms with Gasteiger partial charge in [-0.05, 0) is 29.8 Å². The third-order valence-corrected chi connectivity index (χ3v) is 4.66. The van der Waals surface area contributed by atoms with E-state index in [4.69, 9.17) is 14.2 Å². The lowest BCUT2D eigenvalue weighted by molar-refractivity contribution is -0.908. The Morgan fingerprint density at radius 3 is 2.39 bits per heavy atom. The first-order valence-corrected chi connectivity index (χ1v) is 7.89. The van der Waals surface area contributed by atoms with Crippen LogP contribution < -0.4 is 19.1 Å². The number of hydrogen-bond donors (Lipinski definition) is 1. The minimum Gasteiger partial charge on any atom is -0.497 e. The summed E-state index contributed by atoms with van der Waals surface area (Å²) in [6, 6.07) is 12.8. The van der Waals surface area contributed by atoms with Crippen LogP contribution in [0.4, 0.5) is 0 Å². The fourth-order valence-corrected chi connectivity index (χ4v) is 3.45. The molecule has 0 spiro atoms. The fourth-order valence-electron chi connectivity index (χ4n) is 3.45. The van der Waals surface area contributed by atoms with Crippen LogP contribution in [-0.2, 0) is 6.42 Å². The molecular weight excluding hydrogens is 290 g/mol. The van der Waals surface area contributed by atoms with Gasteiger partial charge < -0.3 is 19.1 Å². The predicted molar refractivity (Wildman–Crippen MR) is 89.8 cm³/mol. The second-order valence-electron chi connectivity index (χ2n) is 5.96. The Morgan fingerprint density at radius 2 is 1.70 bits per heavy atom. The Balaban J connectivity index is 2.12. The maximum absolute atomic E-state index is 5.51. The van der Waals surface area contributed by atoms with E-state index in [9.17, 15) is 0 Å². The van der Waals surface area contributed by atoms with Crippen molar-refractivity contribution in [1.82, 2.24) is 0 Å². The summed E-state index contributed by atoms with van der Waals surface area (Å²) in [5, 5.41) is 0. The molecule has 3 rings (SSSR count). The molecule has 0 radical (unpaired) electrons. The Kier molecular flexibility index (Phi) is 4.44. The van der Waals surface area contributed by atoms with Gasteiger partial charge in [0, 0.05) is 17.5 Å². The van der Waals surface area contributed by atoms with Gasteiger partial charge in [-0.3, -0.25) is 0 Å². The van der Waals surface area contributed by atoms with Crippen LogP contribution in [0.1, 0.15) is 22.7 Å². The molecule has 0 aromatic heterocycles. The Hall–Kier alpha value is -2.20. The molecule has 1 N–H and O–H groups in total. The number of methoxy groups -OCH3 is 3. The fraction of sp³-hybridized carbons (Fsp3) is 0.368. The quantitative estimate of drug-likeness (QED) is 0.935. The van der Waals surface area contributed by atoms with E-state index in [0.717, 1.165) is 30.2 Å². The third-order valence-electron chi connectivity index (χ3n) is 4.66. The number of likely N-dealkylation sites (N-methyl/N-ethyl adjacent to an activating group) is 1. The number of fused-ring (bicyclic) bond motifs is 1. The maximum Gasteiger partial charge on any atom is 0.161 e. The van der Waals surface area contributed by atoms with E-state index in [0.29, 0.717) is 0 Å². The van der Waals surface area contributed by atoms with Gasteiger partial charge in [-0.25, -0.2) is 0 Å². The first-order valence-electron chi connectivity index (χ1n) is 7.89. The van der Waals surface area contributed by atoms with Gasteiger partial charge in [0.15, 0.2) is 11.5 Å². The lowest BCUT2D eigenvalue weighted by Crippen LogP contribution is -3.10. The first kappa shape index (κ1) is 15.7. The van der Waals surface area contributed by atoms with Gasteiger partial charge in [0.05, 0.1) is 34.9 Å². The summed E-state index contributed by atoms with van der Waals surface area (Å²) in [6.07, 6.45) is 1.04. The van der Waals surface area contributed by atoms with Crippen molar-refractivity contribution >= 4 is 0 Å². The van der Waals surface area contributed by atoms with Gasteiger partial charge in [-0.15, -0.1) is 0 Å². The smallest absolute Gasteiger partial charge is 0.161 e. The standard InChI is InChI=1S/C19H23NO3/c1-20-9-8-13-11-17(22-3)18(23-4)12-16(13)19(20)14-6-5-7-15(10-14)21-2/h5-7,10-12,19H,8-9H2,1-4H3/p+1/t19-/m1/s1. The SMILES string of the molecule is COc1cccc([C@@H]2c3cc(OC)c(OC)cc3CC[NH+]2C)c1. The average molecular weight is 314 g/mol. The van der Waals surface area contributed by atoms with E-state index in [2.05, 4.69) is 37.4 Å². The van der Waals surface area contributed by atoms with E-state index in [1.807, 2.05) is 6.07 Å². The molecule has 2 aromatic rings. The molecule has 0 saturated heterocycles. The molecule has 1 aliphatic heterocycles. The number of ether oxygens (including phenoxy) is 3. The number of quaternary nitrogens is 1. The summed E-state index contributed by atoms with van der Waals surface area (Å²) in [5.41, 5.74) is 3.90. The van der Waals surface area contributed by atoms with Crippen LogP contribution in [0.15, 0.2) is 36.4 Å². The second kappa shape index (κ2) is 6.50. The molecule has 4 heteroatoms. The Bertz CT molecular complexity index is 699. The van der Waals surface area contributed by atoms with Crippen molar-refractivity contribution < 1.29 is 19.1 Å². The highest BCUT2D eigenvalue weighted by atomic mass is 16.5. The molecule has 4 nitrogen and oxygen atoms in total. The molecule has 122 valence electrons. The summed E-state index contributed by atoms with van der Waals surface area (Å²) < 4.78 is 16.4. The summed E-state index contributed by atoms with van der Waals surface area (Å²) >= 11 is 0. The van der Waals surface area contributed by atoms with Gasteiger partial charge >= 0.3 is 0 Å². The van der Waals surface area contributed by atoms with E-state index < -0.39 is 0 Å². The first-order chi connectivity index (χ1) is 11.2. The highest BCUT2D eigenvalue weighted by Crippen LogP contribution is 2.36. The topological polar surface area (TPSA) is 32.1 Å². The second-order valence-corrected chi connectivity index (χ2v) is 5.96. The minimum absolute atomic E-state index is 0.272. The summed E-state index contributed by atoms with van der Waals surface area (Å²) in [7, 11) is 7.32. The van der Waals surface area contributed by atoms with Crippen molar-refractivity contribution in [2.75, 3.05) is 34.9 Å². The van der Waals surface area contributed by atoms with Crippen LogP contribution in [0.5, 0.6) is 17.2 Å². The number of hydrogen-bond acceptors (Lipinski definition) is 3. The van der Waals surface area contributed by atoms with Crippen molar-refractivity contribution in [2.45, 2.75) is 12.5 Å². The highest BCUT2D eigenvalue weighted by Gasteiger charge is 2.31. The molecule has 23 heavy (non-hydrogen) atoms. The van der Waals surface area contributed by atoms with Crippen molar-refractivity contribution in [1.29, 1.82) is 0 Å². The summed E-state index contributed by atoms with van der Waals surface area (Å²) in [6.45, 7) is 1.09. The average Bonchev–Trinajstić information content (AvgIpc) is 2.60. The van der Waals surface area contributed by atoms with Crippen LogP contribution in [0.25, 0.3) is 0 Å². The molecule has 1 unspecified atom stereocenters. The van der Waals surface area contributed by atoms with Gasteiger partial charge in [0.25, 0.3) is 0 Å². The van der Waals surface area contributed by atoms with Crippen molar-refractivity contribution in [2.24, 2.45) is 0 Å². The molecule has 2 atom stereocenters. The maximum atomic E-state index is 5.51. The largest absolute Gasteiger partial charge is 0.497 e. The van der Waals surface area contributed by atoms with Crippen LogP contribution in [0.2, 0.25) is 0 Å². The van der Waals surface area contributed by atoms with Gasteiger partial charge in [-0.2, -0.15) is 0 Å². The zero-order valence-corrected chi connectivity index (χ0v) is 14.2. The van der Waals surface area contributed by atoms with Crippen LogP contribution in [0.3, 0.4) is 0 Å². The highest BCUT2D eigenvalue weighted by molar-refractivity contribution is 5.51. The predicted octanol–water partition coefficient (Wildman–Crippen LogP) is 1.87. The Labute approximate surface area is 137 Å². The Morgan fingerprint density at radius 1 is 0.957 bits per heavy atom. The monoisotopic (exact) mass is 314 g/mol. The summed E-state index contributed by atoms with van der Waals surface area (Å²) in [4.78, 5) is 1.47. The molecule has 0 bridgehead atoms. The molecular formula is C19H24NO3+. The number of benzene rings is 2. The summed E-state index contributed by atoms with van der Waals surface area (Å²) in [5.74, 6) is 2.48. The molecule has 0 aliphatic carbocycles. The van der Waals surface area contributed by atoms with Gasteiger partial charge in [0.2, 0.25) is 0 Å².